The summed E-state index contributed by atoms with van der Waals surface area (Å²) in [7, 11) is 0. The predicted octanol–water partition coefficient (Wildman–Crippen LogP) is 17.7. The molecular formula is C62H107N13OS. The van der Waals surface area contributed by atoms with Gasteiger partial charge in [-0.25, -0.2) is 44.9 Å². The summed E-state index contributed by atoms with van der Waals surface area (Å²) in [5, 5.41) is 0. The number of aryl methyl sites for hydroxylation is 17. The Morgan fingerprint density at radius 3 is 0.779 bits per heavy atom. The van der Waals surface area contributed by atoms with Crippen LogP contribution >= 0.6 is 11.3 Å². The highest BCUT2D eigenvalue weighted by Crippen LogP contribution is 2.12. The van der Waals surface area contributed by atoms with Gasteiger partial charge in [-0.1, -0.05) is 96.9 Å². The average Bonchev–Trinajstić information content (AvgIpc) is 4.00. The lowest BCUT2D eigenvalue weighted by Gasteiger charge is -1.94. The molecule has 0 spiro atoms. The quantitative estimate of drug-likeness (QED) is 0.140. The van der Waals surface area contributed by atoms with Gasteiger partial charge < -0.3 is 4.42 Å². The van der Waals surface area contributed by atoms with E-state index in [9.17, 15) is 0 Å². The van der Waals surface area contributed by atoms with Crippen LogP contribution in [-0.2, 0) is 0 Å². The third kappa shape index (κ3) is 58.5. The maximum Gasteiger partial charge on any atom is 0.129 e. The summed E-state index contributed by atoms with van der Waals surface area (Å²) in [6.07, 6.45) is 12.1. The first-order valence-corrected chi connectivity index (χ1v) is 28.0. The number of nitrogens with zero attached hydrogens (tertiary/aromatic N) is 13. The van der Waals surface area contributed by atoms with E-state index in [1.165, 1.54) is 9.75 Å². The molecule has 0 unspecified atom stereocenters. The second-order valence-corrected chi connectivity index (χ2v) is 15.7. The topological polar surface area (TPSA) is 181 Å². The van der Waals surface area contributed by atoms with E-state index in [0.29, 0.717) is 0 Å². The van der Waals surface area contributed by atoms with Gasteiger partial charge in [-0.05, 0) is 160 Å². The molecule has 432 valence electrons. The largest absolute Gasteiger partial charge is 0.467 e. The molecule has 0 atom stereocenters. The van der Waals surface area contributed by atoms with E-state index in [0.717, 1.165) is 86.2 Å². The van der Waals surface area contributed by atoms with Crippen molar-refractivity contribution in [2.75, 3.05) is 0 Å². The highest BCUT2D eigenvalue weighted by molar-refractivity contribution is 7.11. The van der Waals surface area contributed by atoms with Crippen LogP contribution in [0.25, 0.3) is 0 Å². The fourth-order valence-corrected chi connectivity index (χ4v) is 5.45. The standard InChI is InChI=1S/C6H9N3.5C6H8N2.C6H8O.C6H8S.7C2H6/c1-4-7-5(2)9-6(3)8-4;1-5-3-8-6(2)4-7-5;1-5-3-7-4-6(2)8-5;1-5-3-6(2)8-4-7-5;2*1-5-3-4-7-6(2)8-5;2*1-5-3-4-6(2)7-5;7*1-2/h1-3H3;5*3-4H,1-2H3;2*3-4H,1-2H3;7*1-2H3. The molecule has 0 aliphatic heterocycles. The Balaban J connectivity index is -0.000000141. The normalized spacial score (nSPS) is 8.19. The lowest BCUT2D eigenvalue weighted by Crippen LogP contribution is -1.97. The van der Waals surface area contributed by atoms with Crippen molar-refractivity contribution in [2.24, 2.45) is 0 Å². The van der Waals surface area contributed by atoms with Crippen LogP contribution in [0, 0.1) is 118 Å². The minimum absolute atomic E-state index is 0.792. The molecule has 0 aliphatic rings. The van der Waals surface area contributed by atoms with Crippen LogP contribution in [0.4, 0.5) is 0 Å². The summed E-state index contributed by atoms with van der Waals surface area (Å²) in [6, 6.07) is 13.9. The van der Waals surface area contributed by atoms with E-state index in [1.807, 2.05) is 242 Å². The highest BCUT2D eigenvalue weighted by Gasteiger charge is 1.92. The zero-order valence-corrected chi connectivity index (χ0v) is 55.0. The molecule has 0 radical (unpaired) electrons. The summed E-state index contributed by atoms with van der Waals surface area (Å²) in [5.41, 5.74) is 7.99. The molecule has 14 nitrogen and oxygen atoms in total. The first kappa shape index (κ1) is 84.3. The second kappa shape index (κ2) is 60.3. The van der Waals surface area contributed by atoms with Crippen LogP contribution in [-0.4, -0.2) is 64.8 Å². The lowest BCUT2D eigenvalue weighted by molar-refractivity contribution is 0.504. The molecule has 0 fully saturated rings. The van der Waals surface area contributed by atoms with Gasteiger partial charge in [0.15, 0.2) is 0 Å². The van der Waals surface area contributed by atoms with Gasteiger partial charge in [0, 0.05) is 69.7 Å². The van der Waals surface area contributed by atoms with Gasteiger partial charge in [0.1, 0.15) is 47.0 Å². The first-order chi connectivity index (χ1) is 36.7. The molecule has 8 rings (SSSR count). The van der Waals surface area contributed by atoms with Crippen molar-refractivity contribution in [1.29, 1.82) is 0 Å². The Bertz CT molecular complexity index is 2090. The molecule has 0 saturated heterocycles. The van der Waals surface area contributed by atoms with E-state index in [2.05, 4.69) is 90.8 Å². The van der Waals surface area contributed by atoms with Gasteiger partial charge in [-0.15, -0.1) is 11.3 Å². The van der Waals surface area contributed by atoms with E-state index in [1.54, 1.807) is 43.5 Å². The Morgan fingerprint density at radius 2 is 0.610 bits per heavy atom. The van der Waals surface area contributed by atoms with Gasteiger partial charge in [0.2, 0.25) is 0 Å². The molecular weight excluding hydrogens is 975 g/mol. The van der Waals surface area contributed by atoms with Crippen LogP contribution in [0.15, 0.2) is 90.4 Å². The molecule has 77 heavy (non-hydrogen) atoms. The first-order valence-electron chi connectivity index (χ1n) is 27.2. The zero-order valence-electron chi connectivity index (χ0n) is 54.2. The van der Waals surface area contributed by atoms with Crippen molar-refractivity contribution in [3.8, 4) is 0 Å². The SMILES string of the molecule is CC.CC.CC.CC.CC.CC.CC.Cc1cc(C)ncn1.Cc1ccc(C)o1.Cc1ccc(C)s1.Cc1ccnc(C)n1.Cc1ccnc(C)n1.Cc1cnc(C)cn1.Cc1cncc(C)n1.Cc1nc(C)nc(C)n1. The fraction of sp³-hybridized carbons (Fsp3) is 0.500. The van der Waals surface area contributed by atoms with Crippen LogP contribution in [0.2, 0.25) is 0 Å². The third-order valence-corrected chi connectivity index (χ3v) is 8.19. The van der Waals surface area contributed by atoms with Gasteiger partial charge >= 0.3 is 0 Å². The monoisotopic (exact) mass is 1080 g/mol. The Hall–Kier alpha value is -6.61. The van der Waals surface area contributed by atoms with Gasteiger partial charge in [-0.2, -0.15) is 0 Å². The van der Waals surface area contributed by atoms with Crippen molar-refractivity contribution in [3.05, 3.63) is 182 Å². The Labute approximate surface area is 475 Å². The summed E-state index contributed by atoms with van der Waals surface area (Å²) in [4.78, 5) is 54.7. The molecule has 8 heterocycles. The lowest BCUT2D eigenvalue weighted by atomic mass is 10.4. The number of hydrogen-bond donors (Lipinski definition) is 0. The number of rotatable bonds is 0. The van der Waals surface area contributed by atoms with Gasteiger partial charge in [-0.3, -0.25) is 19.9 Å². The molecule has 0 bridgehead atoms. The van der Waals surface area contributed by atoms with Crippen LogP contribution < -0.4 is 0 Å². The number of hydrogen-bond acceptors (Lipinski definition) is 15. The molecule has 0 aliphatic carbocycles. The van der Waals surface area contributed by atoms with E-state index < -0.39 is 0 Å². The predicted molar refractivity (Wildman–Crippen MR) is 333 cm³/mol. The molecule has 8 aromatic rings. The molecule has 15 heteroatoms. The van der Waals surface area contributed by atoms with E-state index >= 15 is 0 Å². The van der Waals surface area contributed by atoms with Crippen molar-refractivity contribution in [1.82, 2.24) is 64.8 Å². The second-order valence-electron chi connectivity index (χ2n) is 14.2. The summed E-state index contributed by atoms with van der Waals surface area (Å²) in [5.74, 6) is 6.02. The molecule has 8 aromatic heterocycles. The number of aromatic nitrogens is 13. The van der Waals surface area contributed by atoms with Crippen LogP contribution in [0.1, 0.15) is 193 Å². The third-order valence-electron chi connectivity index (χ3n) is 7.28. The molecule has 0 aromatic carbocycles. The summed E-state index contributed by atoms with van der Waals surface area (Å²) in [6.45, 7) is 61.0. The average molecular weight is 1080 g/mol. The van der Waals surface area contributed by atoms with Gasteiger partial charge in [0.05, 0.1) is 22.8 Å². The summed E-state index contributed by atoms with van der Waals surface area (Å²) >= 11 is 1.84. The molecule has 0 amide bonds. The number of thiophene rings is 1. The minimum Gasteiger partial charge on any atom is -0.467 e. The van der Waals surface area contributed by atoms with E-state index in [4.69, 9.17) is 4.42 Å². The summed E-state index contributed by atoms with van der Waals surface area (Å²) < 4.78 is 5.08. The Kier molecular flexibility index (Phi) is 66.0. The fourth-order valence-electron chi connectivity index (χ4n) is 4.67. The van der Waals surface area contributed by atoms with Crippen molar-refractivity contribution in [2.45, 2.75) is 215 Å². The maximum absolute atomic E-state index is 5.08. The minimum atomic E-state index is 0.792. The van der Waals surface area contributed by atoms with Crippen molar-refractivity contribution < 1.29 is 4.42 Å². The number of furan rings is 1. The highest BCUT2D eigenvalue weighted by atomic mass is 32.1. The van der Waals surface area contributed by atoms with Crippen molar-refractivity contribution in [3.63, 3.8) is 0 Å². The maximum atomic E-state index is 5.08. The molecule has 0 N–H and O–H groups in total. The molecule has 0 saturated carbocycles. The smallest absolute Gasteiger partial charge is 0.129 e. The van der Waals surface area contributed by atoms with Crippen LogP contribution in [0.5, 0.6) is 0 Å². The van der Waals surface area contributed by atoms with Crippen molar-refractivity contribution >= 4 is 11.3 Å². The Morgan fingerprint density at radius 1 is 0.286 bits per heavy atom. The zero-order chi connectivity index (χ0) is 61.3. The van der Waals surface area contributed by atoms with Gasteiger partial charge in [0.25, 0.3) is 0 Å². The van der Waals surface area contributed by atoms with Crippen LogP contribution in [0.3, 0.4) is 0 Å². The van der Waals surface area contributed by atoms with E-state index in [-0.39, 0.29) is 0 Å².